The van der Waals surface area contributed by atoms with Crippen LogP contribution in [-0.4, -0.2) is 46.2 Å². The fraction of sp³-hybridized carbons (Fsp3) is 0.650. The van der Waals surface area contributed by atoms with Gasteiger partial charge in [-0.15, -0.1) is 0 Å². The number of nitrogens with one attached hydrogen (secondary N) is 2. The molecule has 0 bridgehead atoms. The van der Waals surface area contributed by atoms with Crippen LogP contribution < -0.4 is 5.32 Å². The molecule has 1 amide bonds. The Balaban J connectivity index is 2.00. The summed E-state index contributed by atoms with van der Waals surface area (Å²) in [5.41, 5.74) is -0.290. The van der Waals surface area contributed by atoms with E-state index in [-0.39, 0.29) is 18.2 Å². The zero-order valence-corrected chi connectivity index (χ0v) is 16.6. The predicted molar refractivity (Wildman–Crippen MR) is 105 cm³/mol. The Morgan fingerprint density at radius 3 is 2.75 bits per heavy atom. The number of carbonyl (C=O) groups is 3. The number of ketones is 1. The smallest absolute Gasteiger partial charge is 0.234 e. The van der Waals surface area contributed by atoms with Crippen molar-refractivity contribution in [2.75, 3.05) is 11.9 Å². The number of aldehydes is 1. The first-order valence-corrected chi connectivity index (χ1v) is 9.92. The molecule has 1 aliphatic carbocycles. The van der Waals surface area contributed by atoms with Gasteiger partial charge >= 0.3 is 0 Å². The average Bonchev–Trinajstić information content (AvgIpc) is 3.31. The highest BCUT2D eigenvalue weighted by atomic mass is 16.5. The molecule has 0 saturated heterocycles. The van der Waals surface area contributed by atoms with Crippen LogP contribution in [0.1, 0.15) is 52.4 Å². The van der Waals surface area contributed by atoms with Crippen LogP contribution in [0, 0.1) is 17.2 Å². The Kier molecular flexibility index (Phi) is 8.50. The van der Waals surface area contributed by atoms with Crippen LogP contribution in [0.4, 0.5) is 5.82 Å². The number of rotatable bonds is 12. The number of nitrogens with zero attached hydrogens (tertiary/aromatic N) is 2. The lowest BCUT2D eigenvalue weighted by molar-refractivity contribution is -0.121. The van der Waals surface area contributed by atoms with Crippen molar-refractivity contribution in [3.8, 4) is 0 Å². The molecule has 28 heavy (non-hydrogen) atoms. The minimum atomic E-state index is -0.857. The van der Waals surface area contributed by atoms with Crippen LogP contribution in [-0.2, 0) is 25.7 Å². The Bertz CT molecular complexity index is 692. The third-order valence-electron chi connectivity index (χ3n) is 4.94. The van der Waals surface area contributed by atoms with Crippen molar-refractivity contribution in [3.05, 3.63) is 12.3 Å². The van der Waals surface area contributed by atoms with Gasteiger partial charge in [0.2, 0.25) is 5.91 Å². The summed E-state index contributed by atoms with van der Waals surface area (Å²) in [6, 6.07) is 1.68. The zero-order valence-electron chi connectivity index (χ0n) is 16.6. The van der Waals surface area contributed by atoms with Gasteiger partial charge in [-0.3, -0.25) is 14.3 Å². The number of amides is 1. The number of hydrogen-bond acceptors (Lipinski definition) is 6. The molecule has 2 N–H and O–H groups in total. The lowest BCUT2D eigenvalue weighted by Crippen LogP contribution is -2.35. The quantitative estimate of drug-likeness (QED) is 0.323. The fourth-order valence-corrected chi connectivity index (χ4v) is 3.46. The molecule has 1 heterocycles. The highest BCUT2D eigenvalue weighted by Crippen LogP contribution is 2.31. The van der Waals surface area contributed by atoms with Crippen LogP contribution in [0.3, 0.4) is 0 Å². The van der Waals surface area contributed by atoms with E-state index < -0.39 is 17.6 Å². The van der Waals surface area contributed by atoms with Crippen molar-refractivity contribution >= 4 is 29.5 Å². The lowest BCUT2D eigenvalue weighted by Gasteiger charge is -2.19. The second-order valence-electron chi connectivity index (χ2n) is 7.52. The summed E-state index contributed by atoms with van der Waals surface area (Å²) in [7, 11) is 0. The van der Waals surface area contributed by atoms with Gasteiger partial charge < -0.3 is 20.3 Å². The van der Waals surface area contributed by atoms with Gasteiger partial charge in [-0.05, 0) is 26.2 Å². The molecule has 8 heteroatoms. The van der Waals surface area contributed by atoms with E-state index in [4.69, 9.17) is 10.1 Å². The van der Waals surface area contributed by atoms with E-state index in [2.05, 4.69) is 10.4 Å². The van der Waals surface area contributed by atoms with Crippen molar-refractivity contribution < 1.29 is 19.1 Å². The van der Waals surface area contributed by atoms with Crippen molar-refractivity contribution in [2.24, 2.45) is 11.8 Å². The van der Waals surface area contributed by atoms with E-state index in [1.165, 1.54) is 0 Å². The third-order valence-corrected chi connectivity index (χ3v) is 4.94. The first-order chi connectivity index (χ1) is 13.4. The summed E-state index contributed by atoms with van der Waals surface area (Å²) in [5.74, 6) is -1.17. The normalized spacial score (nSPS) is 15.5. The molecule has 1 aliphatic rings. The molecule has 1 saturated carbocycles. The van der Waals surface area contributed by atoms with Crippen LogP contribution >= 0.6 is 0 Å². The molecule has 1 fully saturated rings. The summed E-state index contributed by atoms with van der Waals surface area (Å²) >= 11 is 0. The number of Topliss-reactive ketones (excluding diaryl/α,β-unsaturated/α-hetero) is 1. The maximum absolute atomic E-state index is 12.8. The first-order valence-electron chi connectivity index (χ1n) is 9.92. The summed E-state index contributed by atoms with van der Waals surface area (Å²) in [4.78, 5) is 35.5. The molecule has 8 nitrogen and oxygen atoms in total. The molecular weight excluding hydrogens is 360 g/mol. The predicted octanol–water partition coefficient (Wildman–Crippen LogP) is 2.62. The van der Waals surface area contributed by atoms with Gasteiger partial charge in [0.25, 0.3) is 0 Å². The highest BCUT2D eigenvalue weighted by Gasteiger charge is 2.31. The summed E-state index contributed by atoms with van der Waals surface area (Å²) in [6.07, 6.45) is 6.68. The molecule has 0 radical (unpaired) electrons. The van der Waals surface area contributed by atoms with Crippen LogP contribution in [0.15, 0.2) is 12.3 Å². The first kappa shape index (κ1) is 21.9. The van der Waals surface area contributed by atoms with Gasteiger partial charge in [-0.1, -0.05) is 25.7 Å². The highest BCUT2D eigenvalue weighted by molar-refractivity contribution is 6.44. The molecule has 2 rings (SSSR count). The topological polar surface area (TPSA) is 114 Å². The molecule has 0 aliphatic heterocycles. The van der Waals surface area contributed by atoms with Gasteiger partial charge in [-0.25, -0.2) is 0 Å². The van der Waals surface area contributed by atoms with Crippen molar-refractivity contribution in [1.82, 2.24) is 9.78 Å². The average molecular weight is 390 g/mol. The van der Waals surface area contributed by atoms with Crippen LogP contribution in [0.5, 0.6) is 0 Å². The van der Waals surface area contributed by atoms with Gasteiger partial charge in [0.05, 0.1) is 37.3 Å². The molecule has 1 aromatic rings. The Morgan fingerprint density at radius 1 is 1.39 bits per heavy atom. The maximum atomic E-state index is 12.8. The maximum Gasteiger partial charge on any atom is 0.234 e. The van der Waals surface area contributed by atoms with Crippen molar-refractivity contribution in [3.63, 3.8) is 0 Å². The van der Waals surface area contributed by atoms with E-state index in [0.717, 1.165) is 25.7 Å². The monoisotopic (exact) mass is 390 g/mol. The summed E-state index contributed by atoms with van der Waals surface area (Å²) < 4.78 is 7.16. The second-order valence-corrected chi connectivity index (χ2v) is 7.52. The Morgan fingerprint density at radius 2 is 2.11 bits per heavy atom. The third kappa shape index (κ3) is 6.67. The number of aromatic nitrogens is 2. The number of ether oxygens (including phenoxy) is 1. The molecular formula is C20H30N4O4. The SMILES string of the molecule is CC(C)OCCn1ccc(NC(=O)[C@@H](CC2CCCC2)C(=N)C(=O)CC=O)n1. The van der Waals surface area contributed by atoms with E-state index in [9.17, 15) is 14.4 Å². The lowest BCUT2D eigenvalue weighted by atomic mass is 9.87. The van der Waals surface area contributed by atoms with E-state index in [1.807, 2.05) is 13.8 Å². The van der Waals surface area contributed by atoms with Gasteiger partial charge in [0.15, 0.2) is 11.6 Å². The Labute approximate surface area is 165 Å². The standard InChI is InChI=1S/C20H30N4O4/c1-14(2)28-12-10-24-9-7-18(23-24)22-20(27)16(13-15-5-3-4-6-15)19(21)17(26)8-11-25/h7,9,11,14-16,21H,3-6,8,10,12-13H2,1-2H3,(H,22,23,27)/t16-/m0/s1. The molecule has 0 unspecified atom stereocenters. The zero-order chi connectivity index (χ0) is 20.5. The largest absolute Gasteiger partial charge is 0.377 e. The van der Waals surface area contributed by atoms with Gasteiger partial charge in [0, 0.05) is 12.3 Å². The molecule has 154 valence electrons. The molecule has 1 atom stereocenters. The molecule has 0 spiro atoms. The van der Waals surface area contributed by atoms with E-state index >= 15 is 0 Å². The van der Waals surface area contributed by atoms with E-state index in [1.54, 1.807) is 16.9 Å². The Hall–Kier alpha value is -2.35. The number of hydrogen-bond donors (Lipinski definition) is 2. The van der Waals surface area contributed by atoms with Crippen molar-refractivity contribution in [1.29, 1.82) is 5.41 Å². The fourth-order valence-electron chi connectivity index (χ4n) is 3.46. The summed E-state index contributed by atoms with van der Waals surface area (Å²) in [5, 5.41) is 15.2. The number of anilines is 1. The van der Waals surface area contributed by atoms with Gasteiger partial charge in [-0.2, -0.15) is 5.10 Å². The van der Waals surface area contributed by atoms with E-state index in [0.29, 0.717) is 37.6 Å². The minimum absolute atomic E-state index is 0.140. The summed E-state index contributed by atoms with van der Waals surface area (Å²) in [6.45, 7) is 5.00. The second kappa shape index (κ2) is 10.8. The van der Waals surface area contributed by atoms with Gasteiger partial charge in [0.1, 0.15) is 6.29 Å². The van der Waals surface area contributed by atoms with Crippen LogP contribution in [0.2, 0.25) is 0 Å². The molecule has 0 aromatic carbocycles. The molecule has 1 aromatic heterocycles. The van der Waals surface area contributed by atoms with Crippen molar-refractivity contribution in [2.45, 2.75) is 65.0 Å². The minimum Gasteiger partial charge on any atom is -0.377 e. The number of carbonyl (C=O) groups excluding carboxylic acids is 3. The van der Waals surface area contributed by atoms with Crippen LogP contribution in [0.25, 0.3) is 0 Å².